The van der Waals surface area contributed by atoms with E-state index in [2.05, 4.69) is 17.1 Å². The summed E-state index contributed by atoms with van der Waals surface area (Å²) in [7, 11) is -1.83. The summed E-state index contributed by atoms with van der Waals surface area (Å²) in [6.45, 7) is 6.27. The Kier molecular flexibility index (Phi) is 8.92. The van der Waals surface area contributed by atoms with Gasteiger partial charge in [0.25, 0.3) is 0 Å². The average molecular weight is 410 g/mol. The number of amides is 1. The third kappa shape index (κ3) is 6.29. The predicted octanol–water partition coefficient (Wildman–Crippen LogP) is 3.70. The van der Waals surface area contributed by atoms with Crippen molar-refractivity contribution in [2.75, 3.05) is 32.0 Å². The van der Waals surface area contributed by atoms with Crippen molar-refractivity contribution in [1.82, 2.24) is 9.21 Å². The van der Waals surface area contributed by atoms with Gasteiger partial charge in [0.05, 0.1) is 11.4 Å². The molecule has 0 aromatic heterocycles. The third-order valence-electron chi connectivity index (χ3n) is 5.55. The summed E-state index contributed by atoms with van der Waals surface area (Å²) in [6.07, 6.45) is 7.38. The fraction of sp³-hybridized carbons (Fsp3) is 0.667. The van der Waals surface area contributed by atoms with Crippen LogP contribution in [0.5, 0.6) is 0 Å². The number of hydrogen-bond acceptors (Lipinski definition) is 4. The van der Waals surface area contributed by atoms with Crippen molar-refractivity contribution in [3.63, 3.8) is 0 Å². The number of likely N-dealkylation sites (N-methyl/N-ethyl adjacent to an activating group) is 1. The number of anilines is 1. The Balaban J connectivity index is 1.97. The predicted molar refractivity (Wildman–Crippen MR) is 114 cm³/mol. The normalized spacial score (nSPS) is 15.9. The summed E-state index contributed by atoms with van der Waals surface area (Å²) in [5.74, 6) is -0.0760. The van der Waals surface area contributed by atoms with Crippen LogP contribution < -0.4 is 5.32 Å². The van der Waals surface area contributed by atoms with Crippen LogP contribution >= 0.6 is 0 Å². The maximum Gasteiger partial charge on any atom is 0.243 e. The van der Waals surface area contributed by atoms with Gasteiger partial charge in [-0.2, -0.15) is 4.31 Å². The SMILES string of the molecule is CCCCN(CC)CC(=O)Nc1ccc(S(=O)(=O)N(C)C2CCCCC2)cc1. The van der Waals surface area contributed by atoms with E-state index in [1.807, 2.05) is 6.92 Å². The van der Waals surface area contributed by atoms with Crippen LogP contribution in [0.2, 0.25) is 0 Å². The molecule has 1 aromatic rings. The van der Waals surface area contributed by atoms with E-state index >= 15 is 0 Å². The fourth-order valence-corrected chi connectivity index (χ4v) is 5.07. The van der Waals surface area contributed by atoms with Gasteiger partial charge in [-0.25, -0.2) is 8.42 Å². The van der Waals surface area contributed by atoms with Gasteiger partial charge >= 0.3 is 0 Å². The monoisotopic (exact) mass is 409 g/mol. The van der Waals surface area contributed by atoms with E-state index in [1.54, 1.807) is 31.3 Å². The van der Waals surface area contributed by atoms with Crippen molar-refractivity contribution < 1.29 is 13.2 Å². The number of benzene rings is 1. The molecule has 0 atom stereocenters. The summed E-state index contributed by atoms with van der Waals surface area (Å²) in [5, 5.41) is 2.87. The van der Waals surface area contributed by atoms with Crippen molar-refractivity contribution in [3.05, 3.63) is 24.3 Å². The number of nitrogens with zero attached hydrogens (tertiary/aromatic N) is 2. The van der Waals surface area contributed by atoms with E-state index in [4.69, 9.17) is 0 Å². The first-order valence-corrected chi connectivity index (χ1v) is 11.9. The average Bonchev–Trinajstić information content (AvgIpc) is 2.71. The van der Waals surface area contributed by atoms with E-state index in [-0.39, 0.29) is 16.8 Å². The van der Waals surface area contributed by atoms with Crippen LogP contribution in [-0.4, -0.2) is 56.3 Å². The van der Waals surface area contributed by atoms with Crippen molar-refractivity contribution in [1.29, 1.82) is 0 Å². The first-order chi connectivity index (χ1) is 13.4. The number of unbranched alkanes of at least 4 members (excludes halogenated alkanes) is 1. The Morgan fingerprint density at radius 1 is 1.11 bits per heavy atom. The third-order valence-corrected chi connectivity index (χ3v) is 7.47. The number of nitrogens with one attached hydrogen (secondary N) is 1. The summed E-state index contributed by atoms with van der Waals surface area (Å²) in [6, 6.07) is 6.59. The van der Waals surface area contributed by atoms with Gasteiger partial charge < -0.3 is 5.32 Å². The zero-order valence-corrected chi connectivity index (χ0v) is 18.3. The molecular weight excluding hydrogens is 374 g/mol. The van der Waals surface area contributed by atoms with Gasteiger partial charge in [0.15, 0.2) is 0 Å². The molecule has 7 heteroatoms. The molecule has 6 nitrogen and oxygen atoms in total. The lowest BCUT2D eigenvalue weighted by atomic mass is 9.96. The van der Waals surface area contributed by atoms with Crippen LogP contribution in [0.25, 0.3) is 0 Å². The fourth-order valence-electron chi connectivity index (χ4n) is 3.65. The van der Waals surface area contributed by atoms with Crippen LogP contribution in [-0.2, 0) is 14.8 Å². The largest absolute Gasteiger partial charge is 0.325 e. The van der Waals surface area contributed by atoms with Gasteiger partial charge in [-0.05, 0) is 56.6 Å². The molecule has 1 aliphatic carbocycles. The summed E-state index contributed by atoms with van der Waals surface area (Å²) in [5.41, 5.74) is 0.621. The zero-order valence-electron chi connectivity index (χ0n) is 17.5. The van der Waals surface area contributed by atoms with Gasteiger partial charge in [0, 0.05) is 18.8 Å². The highest BCUT2D eigenvalue weighted by atomic mass is 32.2. The summed E-state index contributed by atoms with van der Waals surface area (Å²) in [4.78, 5) is 14.6. The number of hydrogen-bond donors (Lipinski definition) is 1. The molecule has 0 saturated heterocycles. The lowest BCUT2D eigenvalue weighted by Crippen LogP contribution is -2.38. The lowest BCUT2D eigenvalue weighted by molar-refractivity contribution is -0.117. The smallest absolute Gasteiger partial charge is 0.243 e. The summed E-state index contributed by atoms with van der Waals surface area (Å²) >= 11 is 0. The quantitative estimate of drug-likeness (QED) is 0.640. The van der Waals surface area contributed by atoms with Crippen LogP contribution in [0.4, 0.5) is 5.69 Å². The van der Waals surface area contributed by atoms with Crippen LogP contribution in [0.15, 0.2) is 29.2 Å². The molecule has 1 aromatic carbocycles. The standard InChI is InChI=1S/C21H35N3O3S/c1-4-6-16-24(5-2)17-21(25)22-18-12-14-20(15-13-18)28(26,27)23(3)19-10-8-7-9-11-19/h12-15,19H,4-11,16-17H2,1-3H3,(H,22,25). The van der Waals surface area contributed by atoms with Gasteiger partial charge in [0.2, 0.25) is 15.9 Å². The highest BCUT2D eigenvalue weighted by Gasteiger charge is 2.28. The van der Waals surface area contributed by atoms with Crippen molar-refractivity contribution in [2.45, 2.75) is 69.7 Å². The second-order valence-corrected chi connectivity index (χ2v) is 9.61. The molecule has 1 saturated carbocycles. The van der Waals surface area contributed by atoms with E-state index < -0.39 is 10.0 Å². The molecule has 1 amide bonds. The summed E-state index contributed by atoms with van der Waals surface area (Å²) < 4.78 is 27.3. The minimum Gasteiger partial charge on any atom is -0.325 e. The Hall–Kier alpha value is -1.44. The Morgan fingerprint density at radius 3 is 2.32 bits per heavy atom. The van der Waals surface area contributed by atoms with E-state index in [9.17, 15) is 13.2 Å². The minimum absolute atomic E-state index is 0.0760. The molecule has 0 bridgehead atoms. The maximum absolute atomic E-state index is 12.9. The van der Waals surface area contributed by atoms with Gasteiger partial charge in [-0.3, -0.25) is 9.69 Å². The molecule has 1 fully saturated rings. The van der Waals surface area contributed by atoms with Crippen LogP contribution in [0, 0.1) is 0 Å². The second-order valence-electron chi connectivity index (χ2n) is 7.61. The number of rotatable bonds is 10. The Morgan fingerprint density at radius 2 is 1.75 bits per heavy atom. The van der Waals surface area contributed by atoms with Gasteiger partial charge in [0.1, 0.15) is 0 Å². The van der Waals surface area contributed by atoms with E-state index in [1.165, 1.54) is 10.7 Å². The topological polar surface area (TPSA) is 69.7 Å². The van der Waals surface area contributed by atoms with E-state index in [0.29, 0.717) is 12.2 Å². The molecule has 158 valence electrons. The molecule has 0 aliphatic heterocycles. The minimum atomic E-state index is -3.50. The molecule has 0 heterocycles. The zero-order chi connectivity index (χ0) is 20.6. The first kappa shape index (κ1) is 22.8. The van der Waals surface area contributed by atoms with Crippen molar-refractivity contribution in [3.8, 4) is 0 Å². The molecule has 28 heavy (non-hydrogen) atoms. The maximum atomic E-state index is 12.9. The lowest BCUT2D eigenvalue weighted by Gasteiger charge is -2.30. The first-order valence-electron chi connectivity index (χ1n) is 10.5. The van der Waals surface area contributed by atoms with Gasteiger partial charge in [-0.1, -0.05) is 39.5 Å². The van der Waals surface area contributed by atoms with Crippen LogP contribution in [0.1, 0.15) is 58.8 Å². The molecule has 0 spiro atoms. The van der Waals surface area contributed by atoms with Gasteiger partial charge in [-0.15, -0.1) is 0 Å². The number of sulfonamides is 1. The number of carbonyl (C=O) groups excluding carboxylic acids is 1. The molecule has 0 radical (unpaired) electrons. The highest BCUT2D eigenvalue weighted by Crippen LogP contribution is 2.27. The molecule has 2 rings (SSSR count). The highest BCUT2D eigenvalue weighted by molar-refractivity contribution is 7.89. The Labute approximate surface area is 170 Å². The second kappa shape index (κ2) is 10.9. The van der Waals surface area contributed by atoms with Crippen molar-refractivity contribution in [2.24, 2.45) is 0 Å². The molecule has 1 aliphatic rings. The molecule has 0 unspecified atom stereocenters. The van der Waals surface area contributed by atoms with Crippen LogP contribution in [0.3, 0.4) is 0 Å². The Bertz CT molecular complexity index is 713. The van der Waals surface area contributed by atoms with Crippen molar-refractivity contribution >= 4 is 21.6 Å². The molecular formula is C21H35N3O3S. The number of carbonyl (C=O) groups is 1. The molecule has 1 N–H and O–H groups in total. The van der Waals surface area contributed by atoms with E-state index in [0.717, 1.165) is 51.6 Å².